The van der Waals surface area contributed by atoms with Gasteiger partial charge in [-0.25, -0.2) is 0 Å². The van der Waals surface area contributed by atoms with Gasteiger partial charge in [0.2, 0.25) is 5.91 Å². The highest BCUT2D eigenvalue weighted by molar-refractivity contribution is 5.82. The maximum atomic E-state index is 12.2. The largest absolute Gasteiger partial charge is 0.378 e. The highest BCUT2D eigenvalue weighted by atomic mass is 16.7. The number of morpholine rings is 1. The lowest BCUT2D eigenvalue weighted by Crippen LogP contribution is -2.52. The molecular weight excluding hydrogens is 198 g/mol. The lowest BCUT2D eigenvalue weighted by Gasteiger charge is -2.37. The molecular formula is C10H17NO4. The molecule has 0 saturated carbocycles. The number of ether oxygens (including phenoxy) is 3. The van der Waals surface area contributed by atoms with Crippen molar-refractivity contribution < 1.29 is 19.0 Å². The van der Waals surface area contributed by atoms with Gasteiger partial charge in [-0.3, -0.25) is 4.79 Å². The summed E-state index contributed by atoms with van der Waals surface area (Å²) in [6.45, 7) is 5.69. The fourth-order valence-electron chi connectivity index (χ4n) is 1.91. The third-order valence-electron chi connectivity index (χ3n) is 2.82. The molecule has 2 saturated heterocycles. The zero-order chi connectivity index (χ0) is 10.7. The van der Waals surface area contributed by atoms with E-state index < -0.39 is 5.41 Å². The smallest absolute Gasteiger partial charge is 0.233 e. The monoisotopic (exact) mass is 215 g/mol. The predicted octanol–water partition coefficient (Wildman–Crippen LogP) is -0.144. The quantitative estimate of drug-likeness (QED) is 0.610. The van der Waals surface area contributed by atoms with Gasteiger partial charge in [0.15, 0.2) is 0 Å². The van der Waals surface area contributed by atoms with Crippen LogP contribution < -0.4 is 0 Å². The molecule has 0 N–H and O–H groups in total. The molecule has 0 radical (unpaired) electrons. The number of carbonyl (C=O) groups excluding carboxylic acids is 1. The molecule has 5 heteroatoms. The number of hydrogen-bond acceptors (Lipinski definition) is 4. The SMILES string of the molecule is CC1(C(=O)N2CCOCC2)COCOC1. The van der Waals surface area contributed by atoms with Crippen molar-refractivity contribution >= 4 is 5.91 Å². The molecule has 0 aromatic carbocycles. The van der Waals surface area contributed by atoms with Crippen molar-refractivity contribution in [3.05, 3.63) is 0 Å². The fourth-order valence-corrected chi connectivity index (χ4v) is 1.91. The highest BCUT2D eigenvalue weighted by Crippen LogP contribution is 2.24. The lowest BCUT2D eigenvalue weighted by atomic mass is 9.90. The van der Waals surface area contributed by atoms with E-state index in [1.165, 1.54) is 0 Å². The van der Waals surface area contributed by atoms with E-state index in [0.29, 0.717) is 46.3 Å². The number of nitrogens with zero attached hydrogens (tertiary/aromatic N) is 1. The van der Waals surface area contributed by atoms with Gasteiger partial charge in [0.25, 0.3) is 0 Å². The number of hydrogen-bond donors (Lipinski definition) is 0. The first-order valence-electron chi connectivity index (χ1n) is 5.25. The second kappa shape index (κ2) is 4.47. The van der Waals surface area contributed by atoms with Gasteiger partial charge in [-0.15, -0.1) is 0 Å². The van der Waals surface area contributed by atoms with Crippen LogP contribution >= 0.6 is 0 Å². The average molecular weight is 215 g/mol. The van der Waals surface area contributed by atoms with E-state index in [-0.39, 0.29) is 5.91 Å². The molecule has 0 spiro atoms. The third-order valence-corrected chi connectivity index (χ3v) is 2.82. The third kappa shape index (κ3) is 2.30. The molecule has 15 heavy (non-hydrogen) atoms. The Morgan fingerprint density at radius 1 is 1.13 bits per heavy atom. The Hall–Kier alpha value is -0.650. The Labute approximate surface area is 89.3 Å². The van der Waals surface area contributed by atoms with Crippen LogP contribution in [0.25, 0.3) is 0 Å². The summed E-state index contributed by atoms with van der Waals surface area (Å²) in [5, 5.41) is 0. The molecule has 0 aliphatic carbocycles. The van der Waals surface area contributed by atoms with Gasteiger partial charge in [0, 0.05) is 13.1 Å². The van der Waals surface area contributed by atoms with E-state index in [0.717, 1.165) is 0 Å². The normalized spacial score (nSPS) is 26.3. The molecule has 1 amide bonds. The summed E-state index contributed by atoms with van der Waals surface area (Å²) >= 11 is 0. The Morgan fingerprint density at radius 2 is 1.73 bits per heavy atom. The van der Waals surface area contributed by atoms with Gasteiger partial charge in [-0.05, 0) is 6.92 Å². The van der Waals surface area contributed by atoms with Gasteiger partial charge >= 0.3 is 0 Å². The average Bonchev–Trinajstić information content (AvgIpc) is 2.30. The number of amides is 1. The van der Waals surface area contributed by atoms with Crippen LogP contribution in [0.5, 0.6) is 0 Å². The molecule has 0 aromatic rings. The zero-order valence-corrected chi connectivity index (χ0v) is 9.03. The molecule has 2 rings (SSSR count). The van der Waals surface area contributed by atoms with Gasteiger partial charge in [0.1, 0.15) is 6.79 Å². The number of rotatable bonds is 1. The minimum Gasteiger partial charge on any atom is -0.378 e. The van der Waals surface area contributed by atoms with Crippen molar-refractivity contribution in [1.29, 1.82) is 0 Å². The second-order valence-corrected chi connectivity index (χ2v) is 4.28. The molecule has 0 atom stereocenters. The Kier molecular flexibility index (Phi) is 3.23. The van der Waals surface area contributed by atoms with Crippen molar-refractivity contribution in [1.82, 2.24) is 4.90 Å². The Balaban J connectivity index is 1.98. The van der Waals surface area contributed by atoms with Crippen molar-refractivity contribution in [2.75, 3.05) is 46.3 Å². The minimum absolute atomic E-state index is 0.116. The topological polar surface area (TPSA) is 48.0 Å². The van der Waals surface area contributed by atoms with Gasteiger partial charge in [-0.2, -0.15) is 0 Å². The van der Waals surface area contributed by atoms with Crippen molar-refractivity contribution in [2.24, 2.45) is 5.41 Å². The molecule has 2 aliphatic heterocycles. The van der Waals surface area contributed by atoms with Crippen LogP contribution in [0.4, 0.5) is 0 Å². The summed E-state index contributed by atoms with van der Waals surface area (Å²) in [5.41, 5.74) is -0.518. The minimum atomic E-state index is -0.518. The molecule has 86 valence electrons. The standard InChI is InChI=1S/C10H17NO4/c1-10(6-14-8-15-7-10)9(12)11-2-4-13-5-3-11/h2-8H2,1H3. The van der Waals surface area contributed by atoms with E-state index in [2.05, 4.69) is 0 Å². The maximum absolute atomic E-state index is 12.2. The van der Waals surface area contributed by atoms with E-state index in [1.807, 2.05) is 11.8 Å². The fraction of sp³-hybridized carbons (Fsp3) is 0.900. The van der Waals surface area contributed by atoms with Crippen molar-refractivity contribution in [3.8, 4) is 0 Å². The molecule has 2 heterocycles. The molecule has 2 aliphatic rings. The number of carbonyl (C=O) groups is 1. The maximum Gasteiger partial charge on any atom is 0.233 e. The summed E-state index contributed by atoms with van der Waals surface area (Å²) in [5.74, 6) is 0.116. The summed E-state index contributed by atoms with van der Waals surface area (Å²) in [4.78, 5) is 14.0. The first-order chi connectivity index (χ1) is 7.22. The molecule has 2 fully saturated rings. The van der Waals surface area contributed by atoms with Crippen LogP contribution in [0.1, 0.15) is 6.92 Å². The molecule has 0 aromatic heterocycles. The van der Waals surface area contributed by atoms with E-state index in [9.17, 15) is 4.79 Å². The second-order valence-electron chi connectivity index (χ2n) is 4.28. The molecule has 0 unspecified atom stereocenters. The van der Waals surface area contributed by atoms with Gasteiger partial charge in [0.05, 0.1) is 31.8 Å². The van der Waals surface area contributed by atoms with E-state index in [1.54, 1.807) is 0 Å². The van der Waals surface area contributed by atoms with E-state index >= 15 is 0 Å². The molecule has 0 bridgehead atoms. The first kappa shape index (κ1) is 10.9. The zero-order valence-electron chi connectivity index (χ0n) is 9.03. The van der Waals surface area contributed by atoms with Crippen molar-refractivity contribution in [3.63, 3.8) is 0 Å². The van der Waals surface area contributed by atoms with Crippen molar-refractivity contribution in [2.45, 2.75) is 6.92 Å². The Bertz CT molecular complexity index is 232. The summed E-state index contributed by atoms with van der Waals surface area (Å²) in [7, 11) is 0. The summed E-state index contributed by atoms with van der Waals surface area (Å²) in [6.07, 6.45) is 0. The Morgan fingerprint density at radius 3 is 2.33 bits per heavy atom. The van der Waals surface area contributed by atoms with Crippen LogP contribution in [0.3, 0.4) is 0 Å². The van der Waals surface area contributed by atoms with Crippen LogP contribution in [0.2, 0.25) is 0 Å². The van der Waals surface area contributed by atoms with Gasteiger partial charge < -0.3 is 19.1 Å². The van der Waals surface area contributed by atoms with Gasteiger partial charge in [-0.1, -0.05) is 0 Å². The predicted molar refractivity (Wildman–Crippen MR) is 52.3 cm³/mol. The highest BCUT2D eigenvalue weighted by Gasteiger charge is 2.39. The van der Waals surface area contributed by atoms with Crippen LogP contribution in [-0.4, -0.2) is 57.1 Å². The first-order valence-corrected chi connectivity index (χ1v) is 5.25. The van der Waals surface area contributed by atoms with Crippen LogP contribution in [-0.2, 0) is 19.0 Å². The van der Waals surface area contributed by atoms with Crippen LogP contribution in [0, 0.1) is 5.41 Å². The molecule has 5 nitrogen and oxygen atoms in total. The lowest BCUT2D eigenvalue weighted by molar-refractivity contribution is -0.184. The van der Waals surface area contributed by atoms with Crippen LogP contribution in [0.15, 0.2) is 0 Å². The van der Waals surface area contributed by atoms with E-state index in [4.69, 9.17) is 14.2 Å². The summed E-state index contributed by atoms with van der Waals surface area (Å²) in [6, 6.07) is 0. The summed E-state index contributed by atoms with van der Waals surface area (Å²) < 4.78 is 15.6.